The van der Waals surface area contributed by atoms with Gasteiger partial charge >= 0.3 is 5.97 Å². The van der Waals surface area contributed by atoms with Gasteiger partial charge in [-0.05, 0) is 35.9 Å². The van der Waals surface area contributed by atoms with Crippen LogP contribution in [0.3, 0.4) is 0 Å². The smallest absolute Gasteiger partial charge is 0.337 e. The van der Waals surface area contributed by atoms with E-state index in [1.54, 1.807) is 24.3 Å². The molecule has 0 radical (unpaired) electrons. The van der Waals surface area contributed by atoms with Crippen molar-refractivity contribution in [1.29, 1.82) is 0 Å². The van der Waals surface area contributed by atoms with Crippen molar-refractivity contribution in [2.24, 2.45) is 0 Å². The number of halogens is 1. The van der Waals surface area contributed by atoms with Gasteiger partial charge in [-0.25, -0.2) is 13.2 Å². The Morgan fingerprint density at radius 3 is 2.65 bits per heavy atom. The highest BCUT2D eigenvalue weighted by Gasteiger charge is 2.16. The minimum absolute atomic E-state index is 0.130. The van der Waals surface area contributed by atoms with Gasteiger partial charge in [-0.3, -0.25) is 9.97 Å². The number of pyridine rings is 2. The molecule has 0 saturated carbocycles. The van der Waals surface area contributed by atoms with Gasteiger partial charge in [0.05, 0.1) is 28.1 Å². The Morgan fingerprint density at radius 2 is 1.96 bits per heavy atom. The van der Waals surface area contributed by atoms with E-state index in [1.807, 2.05) is 6.07 Å². The second-order valence-corrected chi connectivity index (χ2v) is 8.22. The molecule has 2 aromatic heterocycles. The Morgan fingerprint density at radius 1 is 1.19 bits per heavy atom. The van der Waals surface area contributed by atoms with Crippen LogP contribution in [0.25, 0.3) is 10.9 Å². The van der Waals surface area contributed by atoms with Crippen LogP contribution in [-0.2, 0) is 21.0 Å². The van der Waals surface area contributed by atoms with Gasteiger partial charge in [0.1, 0.15) is 0 Å². The first-order chi connectivity index (χ1) is 12.3. The van der Waals surface area contributed by atoms with Crippen molar-refractivity contribution in [1.82, 2.24) is 9.97 Å². The van der Waals surface area contributed by atoms with Gasteiger partial charge in [0, 0.05) is 36.2 Å². The summed E-state index contributed by atoms with van der Waals surface area (Å²) in [5.41, 5.74) is 2.08. The molecule has 2 heterocycles. The number of carbonyl (C=O) groups is 1. The average Bonchev–Trinajstić information content (AvgIpc) is 2.59. The van der Waals surface area contributed by atoms with Crippen LogP contribution in [0.4, 0.5) is 0 Å². The van der Waals surface area contributed by atoms with E-state index < -0.39 is 15.8 Å². The van der Waals surface area contributed by atoms with Gasteiger partial charge in [-0.2, -0.15) is 0 Å². The molecule has 8 heteroatoms. The zero-order valence-electron chi connectivity index (χ0n) is 14.1. The lowest BCUT2D eigenvalue weighted by Gasteiger charge is -2.09. The second-order valence-electron chi connectivity index (χ2n) is 5.80. The summed E-state index contributed by atoms with van der Waals surface area (Å²) in [5.74, 6) is -0.458. The molecule has 134 valence electrons. The fourth-order valence-corrected chi connectivity index (χ4v) is 3.72. The van der Waals surface area contributed by atoms with Gasteiger partial charge in [-0.1, -0.05) is 11.6 Å². The Hall–Kier alpha value is -2.51. The van der Waals surface area contributed by atoms with E-state index in [2.05, 4.69) is 9.97 Å². The van der Waals surface area contributed by atoms with E-state index in [1.165, 1.54) is 19.5 Å². The van der Waals surface area contributed by atoms with Crippen LogP contribution in [0.15, 0.2) is 47.6 Å². The Balaban J connectivity index is 2.10. The highest BCUT2D eigenvalue weighted by Crippen LogP contribution is 2.26. The van der Waals surface area contributed by atoms with Crippen LogP contribution in [-0.4, -0.2) is 37.7 Å². The largest absolute Gasteiger partial charge is 0.465 e. The summed E-state index contributed by atoms with van der Waals surface area (Å²) < 4.78 is 29.0. The monoisotopic (exact) mass is 390 g/mol. The second kappa shape index (κ2) is 7.01. The molecule has 0 N–H and O–H groups in total. The summed E-state index contributed by atoms with van der Waals surface area (Å²) in [4.78, 5) is 20.2. The van der Waals surface area contributed by atoms with Gasteiger partial charge in [0.25, 0.3) is 0 Å². The van der Waals surface area contributed by atoms with Crippen molar-refractivity contribution in [2.75, 3.05) is 13.4 Å². The van der Waals surface area contributed by atoms with Crippen molar-refractivity contribution in [3.05, 3.63) is 64.6 Å². The number of nitrogens with zero attached hydrogens (tertiary/aromatic N) is 2. The third kappa shape index (κ3) is 3.84. The van der Waals surface area contributed by atoms with E-state index in [0.29, 0.717) is 33.6 Å². The van der Waals surface area contributed by atoms with Crippen LogP contribution >= 0.6 is 11.6 Å². The first-order valence-electron chi connectivity index (χ1n) is 7.59. The molecule has 6 nitrogen and oxygen atoms in total. The van der Waals surface area contributed by atoms with Gasteiger partial charge in [0.15, 0.2) is 9.84 Å². The van der Waals surface area contributed by atoms with E-state index in [9.17, 15) is 13.2 Å². The number of methoxy groups -OCH3 is 1. The molecule has 0 atom stereocenters. The number of hydrogen-bond donors (Lipinski definition) is 0. The molecule has 0 amide bonds. The number of ether oxygens (including phenoxy) is 1. The van der Waals surface area contributed by atoms with Gasteiger partial charge in [0.2, 0.25) is 0 Å². The average molecular weight is 391 g/mol. The highest BCUT2D eigenvalue weighted by atomic mass is 35.5. The molecule has 0 unspecified atom stereocenters. The number of carbonyl (C=O) groups excluding carboxylic acids is 1. The minimum Gasteiger partial charge on any atom is -0.465 e. The van der Waals surface area contributed by atoms with Crippen molar-refractivity contribution in [3.63, 3.8) is 0 Å². The summed E-state index contributed by atoms with van der Waals surface area (Å²) in [6.45, 7) is 0. The molecular formula is C18H15ClN2O4S. The molecule has 0 saturated heterocycles. The summed E-state index contributed by atoms with van der Waals surface area (Å²) in [6.07, 6.45) is 4.41. The Labute approximate surface area is 155 Å². The van der Waals surface area contributed by atoms with E-state index in [4.69, 9.17) is 16.3 Å². The fourth-order valence-electron chi connectivity index (χ4n) is 2.66. The van der Waals surface area contributed by atoms with Crippen LogP contribution in [0, 0.1) is 0 Å². The van der Waals surface area contributed by atoms with E-state index in [0.717, 1.165) is 11.8 Å². The maximum Gasteiger partial charge on any atom is 0.337 e. The van der Waals surface area contributed by atoms with Gasteiger partial charge in [-0.15, -0.1) is 0 Å². The number of hydrogen-bond acceptors (Lipinski definition) is 6. The fraction of sp³-hybridized carbons (Fsp3) is 0.167. The van der Waals surface area contributed by atoms with E-state index in [-0.39, 0.29) is 4.90 Å². The van der Waals surface area contributed by atoms with Crippen LogP contribution < -0.4 is 0 Å². The molecule has 1 aromatic carbocycles. The maximum atomic E-state index is 12.2. The van der Waals surface area contributed by atoms with Crippen LogP contribution in [0.5, 0.6) is 0 Å². The molecule has 0 aliphatic carbocycles. The molecule has 26 heavy (non-hydrogen) atoms. The zero-order valence-corrected chi connectivity index (χ0v) is 15.6. The normalized spacial score (nSPS) is 11.5. The maximum absolute atomic E-state index is 12.2. The molecule has 0 aliphatic heterocycles. The third-order valence-electron chi connectivity index (χ3n) is 3.80. The van der Waals surface area contributed by atoms with Crippen LogP contribution in [0.2, 0.25) is 5.02 Å². The molecule has 0 bridgehead atoms. The molecule has 3 rings (SSSR count). The lowest BCUT2D eigenvalue weighted by atomic mass is 10.0. The zero-order chi connectivity index (χ0) is 18.9. The highest BCUT2D eigenvalue weighted by molar-refractivity contribution is 7.91. The minimum atomic E-state index is -3.48. The topological polar surface area (TPSA) is 86.2 Å². The first-order valence-corrected chi connectivity index (χ1v) is 9.86. The number of esters is 1. The quantitative estimate of drug-likeness (QED) is 0.636. The summed E-state index contributed by atoms with van der Waals surface area (Å²) in [6, 6.07) is 8.23. The standard InChI is InChI=1S/C18H15ClN2O4S/c1-25-18(22)12-3-4-20-15(9-12)6-11-5-13-8-14(19)10-21-17(13)16(7-11)26(2,23)24/h3-5,7-10H,6H2,1-2H3. The number of aromatic nitrogens is 2. The summed E-state index contributed by atoms with van der Waals surface area (Å²) >= 11 is 5.99. The Kier molecular flexibility index (Phi) is 4.93. The molecular weight excluding hydrogens is 376 g/mol. The van der Waals surface area contributed by atoms with Crippen molar-refractivity contribution >= 4 is 38.3 Å². The van der Waals surface area contributed by atoms with Crippen molar-refractivity contribution in [2.45, 2.75) is 11.3 Å². The molecule has 0 spiro atoms. The van der Waals surface area contributed by atoms with Crippen LogP contribution in [0.1, 0.15) is 21.6 Å². The molecule has 3 aromatic rings. The van der Waals surface area contributed by atoms with Crippen molar-refractivity contribution in [3.8, 4) is 0 Å². The number of rotatable bonds is 4. The predicted molar refractivity (Wildman–Crippen MR) is 98.2 cm³/mol. The molecule has 0 aliphatic rings. The summed E-state index contributed by atoms with van der Waals surface area (Å²) in [5, 5.41) is 1.04. The SMILES string of the molecule is COC(=O)c1ccnc(Cc2cc(S(C)(=O)=O)c3ncc(Cl)cc3c2)c1. The number of fused-ring (bicyclic) bond motifs is 1. The summed E-state index contributed by atoms with van der Waals surface area (Å²) in [7, 11) is -2.18. The molecule has 0 fully saturated rings. The Bertz CT molecular complexity index is 1110. The van der Waals surface area contributed by atoms with Gasteiger partial charge < -0.3 is 4.74 Å². The number of sulfone groups is 1. The third-order valence-corrected chi connectivity index (χ3v) is 5.11. The lowest BCUT2D eigenvalue weighted by molar-refractivity contribution is 0.0600. The van der Waals surface area contributed by atoms with E-state index >= 15 is 0 Å². The number of benzene rings is 1. The first kappa shape index (κ1) is 18.3. The predicted octanol–water partition coefficient (Wildman–Crippen LogP) is 3.06. The lowest BCUT2D eigenvalue weighted by Crippen LogP contribution is -2.04. The van der Waals surface area contributed by atoms with Crippen molar-refractivity contribution < 1.29 is 17.9 Å².